The summed E-state index contributed by atoms with van der Waals surface area (Å²) in [5.74, 6) is 0. The number of nitro groups is 1. The van der Waals surface area contributed by atoms with E-state index in [2.05, 4.69) is 16.8 Å². The minimum atomic E-state index is -0.289. The molecule has 0 aromatic heterocycles. The van der Waals surface area contributed by atoms with Gasteiger partial charge in [-0.05, 0) is 31.2 Å². The van der Waals surface area contributed by atoms with Gasteiger partial charge >= 0.3 is 0 Å². The van der Waals surface area contributed by atoms with Crippen LogP contribution in [-0.2, 0) is 0 Å². The molecule has 0 N–H and O–H groups in total. The van der Waals surface area contributed by atoms with Crippen LogP contribution in [-0.4, -0.2) is 43.0 Å². The number of anilines is 1. The Bertz CT molecular complexity index is 708. The number of rotatable bonds is 3. The van der Waals surface area contributed by atoms with Gasteiger partial charge in [0.2, 0.25) is 0 Å². The van der Waals surface area contributed by atoms with Crippen LogP contribution >= 0.6 is 0 Å². The summed E-state index contributed by atoms with van der Waals surface area (Å²) in [6, 6.07) is 13.2. The van der Waals surface area contributed by atoms with Crippen molar-refractivity contribution >= 4 is 11.4 Å². The molecule has 2 aromatic rings. The van der Waals surface area contributed by atoms with E-state index in [1.165, 1.54) is 0 Å². The maximum atomic E-state index is 11.5. The van der Waals surface area contributed by atoms with Crippen LogP contribution in [0, 0.1) is 17.0 Å². The Labute approximate surface area is 136 Å². The van der Waals surface area contributed by atoms with Gasteiger partial charge in [-0.25, -0.2) is 0 Å². The summed E-state index contributed by atoms with van der Waals surface area (Å²) in [6.45, 7) is 5.91. The van der Waals surface area contributed by atoms with E-state index in [0.29, 0.717) is 0 Å². The average Bonchev–Trinajstić information content (AvgIpc) is 2.56. The molecule has 1 aliphatic heterocycles. The maximum Gasteiger partial charge on any atom is 0.277 e. The number of benzene rings is 2. The van der Waals surface area contributed by atoms with Crippen LogP contribution in [0.3, 0.4) is 0 Å². The fraction of sp³-hybridized carbons (Fsp3) is 0.333. The molecule has 0 amide bonds. The number of piperazine rings is 1. The predicted molar refractivity (Wildman–Crippen MR) is 93.0 cm³/mol. The number of nitrogens with zero attached hydrogens (tertiary/aromatic N) is 3. The molecule has 0 atom stereocenters. The molecule has 0 radical (unpaired) electrons. The Morgan fingerprint density at radius 1 is 1.00 bits per heavy atom. The summed E-state index contributed by atoms with van der Waals surface area (Å²) in [4.78, 5) is 15.8. The van der Waals surface area contributed by atoms with Gasteiger partial charge in [0.05, 0.1) is 10.5 Å². The Morgan fingerprint density at radius 2 is 1.65 bits per heavy atom. The standard InChI is InChI=1S/C18H21N3O2/c1-14-16(20-12-10-19(2)11-13-20)8-9-17(21(22)23)18(14)15-6-4-3-5-7-15/h3-9H,10-13H2,1-2H3. The summed E-state index contributed by atoms with van der Waals surface area (Å²) >= 11 is 0. The second-order valence-corrected chi connectivity index (χ2v) is 6.02. The first-order valence-electron chi connectivity index (χ1n) is 7.85. The Hall–Kier alpha value is -2.40. The summed E-state index contributed by atoms with van der Waals surface area (Å²) in [6.07, 6.45) is 0. The SMILES string of the molecule is Cc1c(N2CCN(C)CC2)ccc([N+](=O)[O-])c1-c1ccccc1. The zero-order valence-corrected chi connectivity index (χ0v) is 13.5. The highest BCUT2D eigenvalue weighted by atomic mass is 16.6. The molecule has 5 nitrogen and oxygen atoms in total. The fourth-order valence-corrected chi connectivity index (χ4v) is 3.20. The van der Waals surface area contributed by atoms with Crippen LogP contribution in [0.1, 0.15) is 5.56 Å². The molecular formula is C18H21N3O2. The molecule has 23 heavy (non-hydrogen) atoms. The van der Waals surface area contributed by atoms with Crippen molar-refractivity contribution in [2.75, 3.05) is 38.1 Å². The Morgan fingerprint density at radius 3 is 2.26 bits per heavy atom. The van der Waals surface area contributed by atoms with Crippen molar-refractivity contribution in [2.24, 2.45) is 0 Å². The van der Waals surface area contributed by atoms with Crippen molar-refractivity contribution in [3.63, 3.8) is 0 Å². The van der Waals surface area contributed by atoms with Gasteiger partial charge < -0.3 is 9.80 Å². The van der Waals surface area contributed by atoms with E-state index in [1.54, 1.807) is 6.07 Å². The molecule has 1 aliphatic rings. The van der Waals surface area contributed by atoms with Gasteiger partial charge in [-0.2, -0.15) is 0 Å². The van der Waals surface area contributed by atoms with Crippen molar-refractivity contribution < 1.29 is 4.92 Å². The van der Waals surface area contributed by atoms with E-state index in [1.807, 2.05) is 43.3 Å². The molecule has 0 saturated carbocycles. The zero-order valence-electron chi connectivity index (χ0n) is 13.5. The van der Waals surface area contributed by atoms with Crippen LogP contribution in [0.4, 0.5) is 11.4 Å². The second-order valence-electron chi connectivity index (χ2n) is 6.02. The third-order valence-electron chi connectivity index (χ3n) is 4.52. The van der Waals surface area contributed by atoms with Crippen LogP contribution in [0.25, 0.3) is 11.1 Å². The monoisotopic (exact) mass is 311 g/mol. The van der Waals surface area contributed by atoms with E-state index < -0.39 is 0 Å². The van der Waals surface area contributed by atoms with Crippen LogP contribution < -0.4 is 4.90 Å². The van der Waals surface area contributed by atoms with Gasteiger partial charge in [-0.3, -0.25) is 10.1 Å². The van der Waals surface area contributed by atoms with E-state index in [-0.39, 0.29) is 10.6 Å². The molecule has 1 heterocycles. The normalized spacial score (nSPS) is 15.7. The van der Waals surface area contributed by atoms with Crippen molar-refractivity contribution in [1.29, 1.82) is 0 Å². The fourth-order valence-electron chi connectivity index (χ4n) is 3.20. The van der Waals surface area contributed by atoms with Crippen molar-refractivity contribution in [3.8, 4) is 11.1 Å². The molecule has 0 unspecified atom stereocenters. The zero-order chi connectivity index (χ0) is 16.4. The third-order valence-corrected chi connectivity index (χ3v) is 4.52. The van der Waals surface area contributed by atoms with Crippen LogP contribution in [0.2, 0.25) is 0 Å². The van der Waals surface area contributed by atoms with Gasteiger partial charge in [0.1, 0.15) is 0 Å². The summed E-state index contributed by atoms with van der Waals surface area (Å²) < 4.78 is 0. The molecule has 0 bridgehead atoms. The lowest BCUT2D eigenvalue weighted by Gasteiger charge is -2.35. The molecule has 1 fully saturated rings. The van der Waals surface area contributed by atoms with Gasteiger partial charge in [0, 0.05) is 37.9 Å². The van der Waals surface area contributed by atoms with Crippen molar-refractivity contribution in [1.82, 2.24) is 4.90 Å². The maximum absolute atomic E-state index is 11.5. The summed E-state index contributed by atoms with van der Waals surface area (Å²) in [7, 11) is 2.12. The molecule has 3 rings (SSSR count). The quantitative estimate of drug-likeness (QED) is 0.644. The van der Waals surface area contributed by atoms with Crippen molar-refractivity contribution in [2.45, 2.75) is 6.92 Å². The van der Waals surface area contributed by atoms with E-state index >= 15 is 0 Å². The number of likely N-dealkylation sites (N-methyl/N-ethyl adjacent to an activating group) is 1. The molecule has 5 heteroatoms. The van der Waals surface area contributed by atoms with Crippen molar-refractivity contribution in [3.05, 3.63) is 58.1 Å². The summed E-state index contributed by atoms with van der Waals surface area (Å²) in [5.41, 5.74) is 3.88. The number of nitro benzene ring substituents is 1. The average molecular weight is 311 g/mol. The molecule has 0 spiro atoms. The topological polar surface area (TPSA) is 49.6 Å². The highest BCUT2D eigenvalue weighted by Gasteiger charge is 2.23. The van der Waals surface area contributed by atoms with E-state index in [4.69, 9.17) is 0 Å². The first-order valence-corrected chi connectivity index (χ1v) is 7.85. The lowest BCUT2D eigenvalue weighted by Crippen LogP contribution is -2.44. The van der Waals surface area contributed by atoms with E-state index in [0.717, 1.165) is 48.6 Å². The van der Waals surface area contributed by atoms with Crippen LogP contribution in [0.15, 0.2) is 42.5 Å². The smallest absolute Gasteiger partial charge is 0.277 e. The highest BCUT2D eigenvalue weighted by molar-refractivity contribution is 5.82. The molecule has 1 saturated heterocycles. The number of hydrogen-bond acceptors (Lipinski definition) is 4. The van der Waals surface area contributed by atoms with Gasteiger partial charge in [0.15, 0.2) is 0 Å². The van der Waals surface area contributed by atoms with Gasteiger partial charge in [-0.1, -0.05) is 30.3 Å². The minimum absolute atomic E-state index is 0.173. The first kappa shape index (κ1) is 15.5. The minimum Gasteiger partial charge on any atom is -0.369 e. The second kappa shape index (κ2) is 6.38. The summed E-state index contributed by atoms with van der Waals surface area (Å²) in [5, 5.41) is 11.5. The highest BCUT2D eigenvalue weighted by Crippen LogP contribution is 2.38. The lowest BCUT2D eigenvalue weighted by molar-refractivity contribution is -0.384. The molecule has 0 aliphatic carbocycles. The van der Waals surface area contributed by atoms with Crippen LogP contribution in [0.5, 0.6) is 0 Å². The Kier molecular flexibility index (Phi) is 4.30. The number of hydrogen-bond donors (Lipinski definition) is 0. The molecule has 120 valence electrons. The van der Waals surface area contributed by atoms with E-state index in [9.17, 15) is 10.1 Å². The molecule has 2 aromatic carbocycles. The van der Waals surface area contributed by atoms with Gasteiger partial charge in [-0.15, -0.1) is 0 Å². The first-order chi connectivity index (χ1) is 11.1. The predicted octanol–water partition coefficient (Wildman–Crippen LogP) is 3.32. The van der Waals surface area contributed by atoms with Gasteiger partial charge in [0.25, 0.3) is 5.69 Å². The largest absolute Gasteiger partial charge is 0.369 e. The lowest BCUT2D eigenvalue weighted by atomic mass is 9.96. The molecular weight excluding hydrogens is 290 g/mol. The third kappa shape index (κ3) is 3.05. The Balaban J connectivity index is 2.09.